The fourth-order valence-corrected chi connectivity index (χ4v) is 3.10. The molecule has 2 N–H and O–H groups in total. The standard InChI is InChI=1S/C18H20FN5O/c1-10(2)9-24-16(11-3-4-11)14(8-20-24)18(25)21-17-13-7-12(19)5-6-15(13)22-23-17/h5-8,10-11H,3-4,9H2,1-2H3,(H2,21,22,23,25). The highest BCUT2D eigenvalue weighted by atomic mass is 19.1. The Bertz CT molecular complexity index is 938. The lowest BCUT2D eigenvalue weighted by Gasteiger charge is -2.11. The minimum Gasteiger partial charge on any atom is -0.304 e. The molecule has 0 unspecified atom stereocenters. The van der Waals surface area contributed by atoms with Crippen molar-refractivity contribution in [2.75, 3.05) is 5.32 Å². The van der Waals surface area contributed by atoms with Crippen LogP contribution in [-0.4, -0.2) is 25.9 Å². The minimum absolute atomic E-state index is 0.255. The fourth-order valence-electron chi connectivity index (χ4n) is 3.10. The average Bonchev–Trinajstić information content (AvgIpc) is 3.21. The first-order chi connectivity index (χ1) is 12.0. The summed E-state index contributed by atoms with van der Waals surface area (Å²) in [6.07, 6.45) is 3.79. The molecule has 25 heavy (non-hydrogen) atoms. The van der Waals surface area contributed by atoms with Gasteiger partial charge in [0.1, 0.15) is 5.82 Å². The van der Waals surface area contributed by atoms with Crippen molar-refractivity contribution in [3.05, 3.63) is 41.5 Å². The van der Waals surface area contributed by atoms with Crippen LogP contribution in [0.4, 0.5) is 10.2 Å². The summed E-state index contributed by atoms with van der Waals surface area (Å²) < 4.78 is 15.4. The Morgan fingerprint density at radius 2 is 2.24 bits per heavy atom. The molecular formula is C18H20FN5O. The first kappa shape index (κ1) is 15.8. The molecule has 7 heteroatoms. The third-order valence-corrected chi connectivity index (χ3v) is 4.38. The molecule has 0 spiro atoms. The maximum Gasteiger partial charge on any atom is 0.260 e. The molecule has 0 aliphatic heterocycles. The Kier molecular flexibility index (Phi) is 3.78. The molecule has 6 nitrogen and oxygen atoms in total. The highest BCUT2D eigenvalue weighted by molar-refractivity contribution is 6.08. The summed E-state index contributed by atoms with van der Waals surface area (Å²) in [5.74, 6) is 0.558. The van der Waals surface area contributed by atoms with Crippen molar-refractivity contribution in [1.82, 2.24) is 20.0 Å². The summed E-state index contributed by atoms with van der Waals surface area (Å²) in [5, 5.41) is 14.7. The monoisotopic (exact) mass is 341 g/mol. The van der Waals surface area contributed by atoms with Gasteiger partial charge in [0.15, 0.2) is 5.82 Å². The van der Waals surface area contributed by atoms with Gasteiger partial charge in [-0.15, -0.1) is 0 Å². The van der Waals surface area contributed by atoms with Crippen molar-refractivity contribution >= 4 is 22.6 Å². The van der Waals surface area contributed by atoms with Gasteiger partial charge in [-0.2, -0.15) is 10.2 Å². The van der Waals surface area contributed by atoms with Gasteiger partial charge in [-0.3, -0.25) is 14.6 Å². The normalized spacial score (nSPS) is 14.4. The number of nitrogens with one attached hydrogen (secondary N) is 2. The zero-order valence-corrected chi connectivity index (χ0v) is 14.2. The fraction of sp³-hybridized carbons (Fsp3) is 0.389. The van der Waals surface area contributed by atoms with Crippen molar-refractivity contribution < 1.29 is 9.18 Å². The van der Waals surface area contributed by atoms with Crippen molar-refractivity contribution in [2.24, 2.45) is 5.92 Å². The number of hydrogen-bond acceptors (Lipinski definition) is 3. The highest BCUT2D eigenvalue weighted by Crippen LogP contribution is 2.42. The number of amides is 1. The van der Waals surface area contributed by atoms with E-state index in [1.165, 1.54) is 12.1 Å². The van der Waals surface area contributed by atoms with Crippen LogP contribution in [0.25, 0.3) is 10.9 Å². The summed E-state index contributed by atoms with van der Waals surface area (Å²) >= 11 is 0. The molecule has 2 heterocycles. The predicted molar refractivity (Wildman–Crippen MR) is 93.0 cm³/mol. The zero-order chi connectivity index (χ0) is 17.6. The number of aromatic amines is 1. The maximum atomic E-state index is 13.5. The summed E-state index contributed by atoms with van der Waals surface area (Å²) in [7, 11) is 0. The van der Waals surface area contributed by atoms with Crippen LogP contribution >= 0.6 is 0 Å². The number of benzene rings is 1. The number of carbonyl (C=O) groups is 1. The van der Waals surface area contributed by atoms with Gasteiger partial charge in [0.2, 0.25) is 0 Å². The van der Waals surface area contributed by atoms with E-state index in [0.717, 1.165) is 25.1 Å². The molecule has 2 aromatic heterocycles. The first-order valence-corrected chi connectivity index (χ1v) is 8.53. The Hall–Kier alpha value is -2.70. The van der Waals surface area contributed by atoms with Crippen LogP contribution in [0.5, 0.6) is 0 Å². The van der Waals surface area contributed by atoms with Gasteiger partial charge in [-0.1, -0.05) is 13.8 Å². The number of rotatable bonds is 5. The molecule has 1 aromatic carbocycles. The lowest BCUT2D eigenvalue weighted by Crippen LogP contribution is -2.16. The lowest BCUT2D eigenvalue weighted by atomic mass is 10.1. The Morgan fingerprint density at radius 1 is 1.44 bits per heavy atom. The van der Waals surface area contributed by atoms with Crippen molar-refractivity contribution in [2.45, 2.75) is 39.2 Å². The highest BCUT2D eigenvalue weighted by Gasteiger charge is 2.32. The minimum atomic E-state index is -0.368. The van der Waals surface area contributed by atoms with Crippen molar-refractivity contribution in [3.8, 4) is 0 Å². The summed E-state index contributed by atoms with van der Waals surface area (Å²) in [6.45, 7) is 5.04. The largest absolute Gasteiger partial charge is 0.304 e. The van der Waals surface area contributed by atoms with Crippen LogP contribution in [0.2, 0.25) is 0 Å². The van der Waals surface area contributed by atoms with Gasteiger partial charge in [0, 0.05) is 17.8 Å². The van der Waals surface area contributed by atoms with E-state index >= 15 is 0 Å². The molecule has 0 atom stereocenters. The van der Waals surface area contributed by atoms with E-state index in [2.05, 4.69) is 34.5 Å². The molecule has 1 saturated carbocycles. The number of halogens is 1. The SMILES string of the molecule is CC(C)Cn1ncc(C(=O)Nc2n[nH]c3ccc(F)cc23)c1C1CC1. The lowest BCUT2D eigenvalue weighted by molar-refractivity contribution is 0.102. The van der Waals surface area contributed by atoms with Gasteiger partial charge >= 0.3 is 0 Å². The quantitative estimate of drug-likeness (QED) is 0.743. The second kappa shape index (κ2) is 5.98. The van der Waals surface area contributed by atoms with Crippen molar-refractivity contribution in [1.29, 1.82) is 0 Å². The Balaban J connectivity index is 1.64. The molecule has 0 saturated heterocycles. The predicted octanol–water partition coefficient (Wildman–Crippen LogP) is 3.68. The molecule has 1 amide bonds. The van der Waals surface area contributed by atoms with E-state index in [9.17, 15) is 9.18 Å². The number of nitrogens with zero attached hydrogens (tertiary/aromatic N) is 3. The third kappa shape index (κ3) is 3.01. The van der Waals surface area contributed by atoms with E-state index in [-0.39, 0.29) is 11.7 Å². The summed E-state index contributed by atoms with van der Waals surface area (Å²) in [5.41, 5.74) is 2.25. The second-order valence-corrected chi connectivity index (χ2v) is 7.01. The molecule has 130 valence electrons. The molecule has 1 fully saturated rings. The number of aromatic nitrogens is 4. The number of H-pyrrole nitrogens is 1. The Labute approximate surface area is 144 Å². The summed E-state index contributed by atoms with van der Waals surface area (Å²) in [4.78, 5) is 12.8. The maximum absolute atomic E-state index is 13.5. The zero-order valence-electron chi connectivity index (χ0n) is 14.2. The van der Waals surface area contributed by atoms with Gasteiger partial charge in [0.05, 0.1) is 23.0 Å². The van der Waals surface area contributed by atoms with E-state index in [1.807, 2.05) is 4.68 Å². The topological polar surface area (TPSA) is 75.6 Å². The van der Waals surface area contributed by atoms with E-state index in [0.29, 0.717) is 34.1 Å². The molecule has 0 radical (unpaired) electrons. The number of carbonyl (C=O) groups excluding carboxylic acids is 1. The van der Waals surface area contributed by atoms with Crippen LogP contribution in [0.1, 0.15) is 48.7 Å². The smallest absolute Gasteiger partial charge is 0.260 e. The first-order valence-electron chi connectivity index (χ1n) is 8.53. The number of anilines is 1. The molecule has 3 aromatic rings. The van der Waals surface area contributed by atoms with Gasteiger partial charge in [0.25, 0.3) is 5.91 Å². The van der Waals surface area contributed by atoms with Crippen LogP contribution in [0, 0.1) is 11.7 Å². The molecule has 0 bridgehead atoms. The van der Waals surface area contributed by atoms with E-state index < -0.39 is 0 Å². The Morgan fingerprint density at radius 3 is 2.96 bits per heavy atom. The van der Waals surface area contributed by atoms with Crippen molar-refractivity contribution in [3.63, 3.8) is 0 Å². The molecule has 4 rings (SSSR count). The van der Waals surface area contributed by atoms with Gasteiger partial charge in [-0.05, 0) is 37.0 Å². The second-order valence-electron chi connectivity index (χ2n) is 7.01. The molecule has 1 aliphatic carbocycles. The van der Waals surface area contributed by atoms with Crippen LogP contribution in [0.3, 0.4) is 0 Å². The van der Waals surface area contributed by atoms with Gasteiger partial charge < -0.3 is 5.32 Å². The van der Waals surface area contributed by atoms with E-state index in [1.54, 1.807) is 12.3 Å². The van der Waals surface area contributed by atoms with Crippen LogP contribution in [0.15, 0.2) is 24.4 Å². The third-order valence-electron chi connectivity index (χ3n) is 4.38. The number of fused-ring (bicyclic) bond motifs is 1. The van der Waals surface area contributed by atoms with Crippen LogP contribution in [-0.2, 0) is 6.54 Å². The average molecular weight is 341 g/mol. The molecular weight excluding hydrogens is 321 g/mol. The van der Waals surface area contributed by atoms with Crippen LogP contribution < -0.4 is 5.32 Å². The van der Waals surface area contributed by atoms with Gasteiger partial charge in [-0.25, -0.2) is 4.39 Å². The summed E-state index contributed by atoms with van der Waals surface area (Å²) in [6, 6.07) is 4.31. The number of hydrogen-bond donors (Lipinski definition) is 2. The molecule has 1 aliphatic rings. The van der Waals surface area contributed by atoms with E-state index in [4.69, 9.17) is 0 Å².